The van der Waals surface area contributed by atoms with Crippen LogP contribution in [0.2, 0.25) is 0 Å². The number of aryl methyl sites for hydroxylation is 1. The molecule has 0 aromatic heterocycles. The fraction of sp³-hybridized carbons (Fsp3) is 0.333. The minimum absolute atomic E-state index is 0.0262. The Morgan fingerprint density at radius 1 is 1.14 bits per heavy atom. The largest absolute Gasteiger partial charge is 0.487 e. The molecule has 0 bridgehead atoms. The molecule has 0 radical (unpaired) electrons. The molecule has 1 aliphatic heterocycles. The summed E-state index contributed by atoms with van der Waals surface area (Å²) in [6, 6.07) is 17.0. The summed E-state index contributed by atoms with van der Waals surface area (Å²) in [5.74, 6) is 1.89. The molecule has 1 heterocycles. The quantitative estimate of drug-likeness (QED) is 0.935. The van der Waals surface area contributed by atoms with E-state index in [1.165, 1.54) is 16.0 Å². The predicted molar refractivity (Wildman–Crippen MR) is 89.1 cm³/mol. The Morgan fingerprint density at radius 3 is 2.62 bits per heavy atom. The summed E-state index contributed by atoms with van der Waals surface area (Å²) in [5.41, 5.74) is 9.02. The third-order valence-electron chi connectivity index (χ3n) is 3.91. The van der Waals surface area contributed by atoms with Crippen molar-refractivity contribution in [3.05, 3.63) is 59.7 Å². The average molecular weight is 299 g/mol. The van der Waals surface area contributed by atoms with Crippen LogP contribution in [-0.2, 0) is 12.8 Å². The number of rotatable bonds is 4. The van der Waals surface area contributed by atoms with E-state index in [2.05, 4.69) is 37.3 Å². The number of fused-ring (bicyclic) bond motifs is 1. The van der Waals surface area contributed by atoms with Crippen LogP contribution >= 0.6 is 11.8 Å². The summed E-state index contributed by atoms with van der Waals surface area (Å²) in [6.45, 7) is 2.17. The van der Waals surface area contributed by atoms with E-state index in [9.17, 15) is 0 Å². The maximum atomic E-state index is 6.37. The van der Waals surface area contributed by atoms with E-state index in [0.29, 0.717) is 0 Å². The molecule has 0 saturated carbocycles. The van der Waals surface area contributed by atoms with E-state index in [4.69, 9.17) is 10.5 Å². The van der Waals surface area contributed by atoms with Crippen molar-refractivity contribution in [2.45, 2.75) is 36.8 Å². The van der Waals surface area contributed by atoms with Gasteiger partial charge in [0.05, 0.1) is 0 Å². The van der Waals surface area contributed by atoms with E-state index < -0.39 is 0 Å². The molecule has 0 spiro atoms. The molecule has 21 heavy (non-hydrogen) atoms. The third kappa shape index (κ3) is 3.42. The zero-order valence-electron chi connectivity index (χ0n) is 12.3. The Labute approximate surface area is 130 Å². The van der Waals surface area contributed by atoms with Crippen molar-refractivity contribution in [3.63, 3.8) is 0 Å². The van der Waals surface area contributed by atoms with Gasteiger partial charge in [-0.3, -0.25) is 0 Å². The van der Waals surface area contributed by atoms with Gasteiger partial charge in [0.15, 0.2) is 0 Å². The van der Waals surface area contributed by atoms with E-state index in [1.54, 1.807) is 0 Å². The molecule has 2 N–H and O–H groups in total. The first-order chi connectivity index (χ1) is 10.3. The third-order valence-corrected chi connectivity index (χ3v) is 5.05. The molecule has 1 aliphatic rings. The highest BCUT2D eigenvalue weighted by Crippen LogP contribution is 2.35. The van der Waals surface area contributed by atoms with Gasteiger partial charge in [-0.1, -0.05) is 43.3 Å². The van der Waals surface area contributed by atoms with Crippen molar-refractivity contribution < 1.29 is 4.74 Å². The fourth-order valence-corrected chi connectivity index (χ4v) is 3.65. The second-order valence-electron chi connectivity index (χ2n) is 5.45. The van der Waals surface area contributed by atoms with E-state index in [0.717, 1.165) is 24.3 Å². The lowest BCUT2D eigenvalue weighted by Gasteiger charge is -2.29. The number of hydrogen-bond acceptors (Lipinski definition) is 3. The first kappa shape index (κ1) is 14.5. The van der Waals surface area contributed by atoms with Gasteiger partial charge in [-0.15, -0.1) is 11.8 Å². The Bertz CT molecular complexity index is 596. The van der Waals surface area contributed by atoms with Crippen LogP contribution in [0, 0.1) is 0 Å². The second-order valence-corrected chi connectivity index (χ2v) is 6.51. The van der Waals surface area contributed by atoms with Crippen molar-refractivity contribution in [3.8, 4) is 5.75 Å². The minimum Gasteiger partial charge on any atom is -0.487 e. The molecule has 2 atom stereocenters. The SMILES string of the molecule is CCc1ccc(CC(N)C2CSc3ccccc3O2)cc1. The lowest BCUT2D eigenvalue weighted by molar-refractivity contribution is 0.184. The summed E-state index contributed by atoms with van der Waals surface area (Å²) in [6.07, 6.45) is 2.01. The van der Waals surface area contributed by atoms with Crippen molar-refractivity contribution >= 4 is 11.8 Å². The molecule has 2 aromatic rings. The van der Waals surface area contributed by atoms with Gasteiger partial charge in [-0.25, -0.2) is 0 Å². The molecular formula is C18H21NOS. The monoisotopic (exact) mass is 299 g/mol. The molecule has 2 unspecified atom stereocenters. The maximum absolute atomic E-state index is 6.37. The molecule has 0 fully saturated rings. The molecular weight excluding hydrogens is 278 g/mol. The van der Waals surface area contributed by atoms with E-state index in [1.807, 2.05) is 30.0 Å². The van der Waals surface area contributed by atoms with Crippen LogP contribution in [0.5, 0.6) is 5.75 Å². The molecule has 0 saturated heterocycles. The summed E-state index contributed by atoms with van der Waals surface area (Å²) < 4.78 is 6.06. The smallest absolute Gasteiger partial charge is 0.133 e. The first-order valence-electron chi connectivity index (χ1n) is 7.48. The number of ether oxygens (including phenoxy) is 1. The van der Waals surface area contributed by atoms with Crippen LogP contribution < -0.4 is 10.5 Å². The summed E-state index contributed by atoms with van der Waals surface area (Å²) in [5, 5.41) is 0. The van der Waals surface area contributed by atoms with Crippen LogP contribution in [0.15, 0.2) is 53.4 Å². The van der Waals surface area contributed by atoms with Crippen LogP contribution in [0.1, 0.15) is 18.1 Å². The number of para-hydroxylation sites is 1. The van der Waals surface area contributed by atoms with Crippen molar-refractivity contribution in [2.75, 3.05) is 5.75 Å². The summed E-state index contributed by atoms with van der Waals surface area (Å²) in [4.78, 5) is 1.22. The topological polar surface area (TPSA) is 35.2 Å². The van der Waals surface area contributed by atoms with Gasteiger partial charge in [0.1, 0.15) is 11.9 Å². The van der Waals surface area contributed by atoms with E-state index in [-0.39, 0.29) is 12.1 Å². The highest BCUT2D eigenvalue weighted by molar-refractivity contribution is 7.99. The van der Waals surface area contributed by atoms with Crippen molar-refractivity contribution in [2.24, 2.45) is 5.73 Å². The molecule has 3 rings (SSSR count). The number of hydrogen-bond donors (Lipinski definition) is 1. The lowest BCUT2D eigenvalue weighted by Crippen LogP contribution is -2.43. The van der Waals surface area contributed by atoms with Gasteiger partial charge in [-0.2, -0.15) is 0 Å². The van der Waals surface area contributed by atoms with Crippen LogP contribution in [-0.4, -0.2) is 17.9 Å². The Hall–Kier alpha value is -1.45. The zero-order valence-corrected chi connectivity index (χ0v) is 13.1. The van der Waals surface area contributed by atoms with Crippen LogP contribution in [0.25, 0.3) is 0 Å². The summed E-state index contributed by atoms with van der Waals surface area (Å²) >= 11 is 1.84. The van der Waals surface area contributed by atoms with E-state index >= 15 is 0 Å². The zero-order chi connectivity index (χ0) is 14.7. The van der Waals surface area contributed by atoms with Crippen molar-refractivity contribution in [1.29, 1.82) is 0 Å². The second kappa shape index (κ2) is 6.54. The molecule has 2 nitrogen and oxygen atoms in total. The van der Waals surface area contributed by atoms with Gasteiger partial charge in [0.25, 0.3) is 0 Å². The normalized spacial score (nSPS) is 18.7. The highest BCUT2D eigenvalue weighted by Gasteiger charge is 2.25. The lowest BCUT2D eigenvalue weighted by atomic mass is 10.0. The minimum atomic E-state index is 0.0262. The van der Waals surface area contributed by atoms with Crippen molar-refractivity contribution in [1.82, 2.24) is 0 Å². The molecule has 110 valence electrons. The Balaban J connectivity index is 1.64. The molecule has 0 amide bonds. The van der Waals surface area contributed by atoms with Gasteiger partial charge < -0.3 is 10.5 Å². The number of benzene rings is 2. The number of thioether (sulfide) groups is 1. The standard InChI is InChI=1S/C18H21NOS/c1-2-13-7-9-14(10-8-13)11-15(19)17-12-21-18-6-4-3-5-16(18)20-17/h3-10,15,17H,2,11-12,19H2,1H3. The molecule has 0 aliphatic carbocycles. The van der Waals surface area contributed by atoms with Crippen LogP contribution in [0.4, 0.5) is 0 Å². The van der Waals surface area contributed by atoms with Gasteiger partial charge in [0, 0.05) is 16.7 Å². The Morgan fingerprint density at radius 2 is 1.86 bits per heavy atom. The number of nitrogens with two attached hydrogens (primary N) is 1. The molecule has 3 heteroatoms. The maximum Gasteiger partial charge on any atom is 0.133 e. The van der Waals surface area contributed by atoms with Gasteiger partial charge in [-0.05, 0) is 36.1 Å². The Kier molecular flexibility index (Phi) is 4.51. The predicted octanol–water partition coefficient (Wildman–Crippen LogP) is 3.67. The first-order valence-corrected chi connectivity index (χ1v) is 8.46. The average Bonchev–Trinajstić information content (AvgIpc) is 2.55. The van der Waals surface area contributed by atoms with Gasteiger partial charge >= 0.3 is 0 Å². The van der Waals surface area contributed by atoms with Gasteiger partial charge in [0.2, 0.25) is 0 Å². The summed E-state index contributed by atoms with van der Waals surface area (Å²) in [7, 11) is 0. The fourth-order valence-electron chi connectivity index (χ4n) is 2.56. The molecule has 2 aromatic carbocycles. The highest BCUT2D eigenvalue weighted by atomic mass is 32.2. The van der Waals surface area contributed by atoms with Crippen LogP contribution in [0.3, 0.4) is 0 Å².